The zero-order valence-corrected chi connectivity index (χ0v) is 8.64. The molecule has 0 saturated carbocycles. The highest BCUT2D eigenvalue weighted by molar-refractivity contribution is 7.18. The van der Waals surface area contributed by atoms with Gasteiger partial charge in [0.2, 0.25) is 0 Å². The molecule has 1 unspecified atom stereocenters. The van der Waals surface area contributed by atoms with Crippen molar-refractivity contribution in [1.29, 1.82) is 0 Å². The largest absolute Gasteiger partial charge is 0.328 e. The summed E-state index contributed by atoms with van der Waals surface area (Å²) < 4.78 is 13.9. The van der Waals surface area contributed by atoms with Gasteiger partial charge in [-0.25, -0.2) is 9.37 Å². The summed E-state index contributed by atoms with van der Waals surface area (Å²) >= 11 is 1.58. The molecule has 0 fully saturated rings. The number of fused-ring (bicyclic) bond motifs is 1. The maximum Gasteiger partial charge on any atom is 0.125 e. The van der Waals surface area contributed by atoms with Gasteiger partial charge in [0.25, 0.3) is 0 Å². The van der Waals surface area contributed by atoms with Gasteiger partial charge < -0.3 is 5.73 Å². The summed E-state index contributed by atoms with van der Waals surface area (Å²) in [7, 11) is 0. The van der Waals surface area contributed by atoms with Crippen LogP contribution in [0.4, 0.5) is 4.39 Å². The van der Waals surface area contributed by atoms with Gasteiger partial charge in [0.05, 0.1) is 15.2 Å². The van der Waals surface area contributed by atoms with Gasteiger partial charge in [-0.2, -0.15) is 0 Å². The Kier molecular flexibility index (Phi) is 2.48. The Balaban J connectivity index is 2.41. The number of halogens is 1. The van der Waals surface area contributed by atoms with E-state index in [1.165, 1.54) is 12.1 Å². The lowest BCUT2D eigenvalue weighted by atomic mass is 10.3. The number of nitrogens with zero attached hydrogens (tertiary/aromatic N) is 1. The molecule has 0 aliphatic heterocycles. The second-order valence-electron chi connectivity index (χ2n) is 3.40. The van der Waals surface area contributed by atoms with Crippen LogP contribution < -0.4 is 5.73 Å². The van der Waals surface area contributed by atoms with Gasteiger partial charge in [0.1, 0.15) is 5.82 Å². The number of benzene rings is 1. The van der Waals surface area contributed by atoms with Gasteiger partial charge >= 0.3 is 0 Å². The normalized spacial score (nSPS) is 13.4. The molecule has 1 atom stereocenters. The molecule has 0 aliphatic carbocycles. The second kappa shape index (κ2) is 3.63. The first kappa shape index (κ1) is 9.55. The average Bonchev–Trinajstić information content (AvgIpc) is 2.44. The van der Waals surface area contributed by atoms with E-state index in [1.54, 1.807) is 17.4 Å². The summed E-state index contributed by atoms with van der Waals surface area (Å²) in [5.74, 6) is -0.241. The molecule has 2 N–H and O–H groups in total. The van der Waals surface area contributed by atoms with Crippen LogP contribution in [0.1, 0.15) is 11.9 Å². The molecule has 1 aromatic carbocycles. The molecule has 0 aliphatic rings. The molecule has 14 heavy (non-hydrogen) atoms. The first-order valence-electron chi connectivity index (χ1n) is 4.45. The lowest BCUT2D eigenvalue weighted by Crippen LogP contribution is -2.17. The van der Waals surface area contributed by atoms with Gasteiger partial charge in [0, 0.05) is 18.5 Å². The summed E-state index contributed by atoms with van der Waals surface area (Å²) in [6.45, 7) is 1.94. The summed E-state index contributed by atoms with van der Waals surface area (Å²) in [4.78, 5) is 4.31. The fraction of sp³-hybridized carbons (Fsp3) is 0.300. The molecule has 0 amide bonds. The highest BCUT2D eigenvalue weighted by Crippen LogP contribution is 2.23. The van der Waals surface area contributed by atoms with Crippen LogP contribution >= 0.6 is 11.3 Å². The van der Waals surface area contributed by atoms with Gasteiger partial charge in [-0.3, -0.25) is 0 Å². The topological polar surface area (TPSA) is 38.9 Å². The Bertz CT molecular complexity index is 450. The molecule has 74 valence electrons. The number of thiazole rings is 1. The van der Waals surface area contributed by atoms with E-state index in [4.69, 9.17) is 5.73 Å². The monoisotopic (exact) mass is 210 g/mol. The molecular formula is C10H11FN2S. The van der Waals surface area contributed by atoms with E-state index in [1.807, 2.05) is 6.92 Å². The quantitative estimate of drug-likeness (QED) is 0.826. The van der Waals surface area contributed by atoms with Crippen molar-refractivity contribution in [1.82, 2.24) is 4.98 Å². The standard InChI is InChI=1S/C10H11FN2S/c1-6(12)4-10-13-8-5-7(11)2-3-9(8)14-10/h2-3,5-6H,4,12H2,1H3. The minimum atomic E-state index is -0.241. The van der Waals surface area contributed by atoms with E-state index in [0.29, 0.717) is 0 Å². The van der Waals surface area contributed by atoms with Crippen molar-refractivity contribution in [2.75, 3.05) is 0 Å². The third-order valence-electron chi connectivity index (χ3n) is 1.89. The van der Waals surface area contributed by atoms with Crippen LogP contribution in [0.3, 0.4) is 0 Å². The van der Waals surface area contributed by atoms with Crippen molar-refractivity contribution in [3.8, 4) is 0 Å². The van der Waals surface area contributed by atoms with Crippen molar-refractivity contribution in [2.24, 2.45) is 5.73 Å². The Morgan fingerprint density at radius 2 is 2.36 bits per heavy atom. The molecule has 0 bridgehead atoms. The summed E-state index contributed by atoms with van der Waals surface area (Å²) in [6.07, 6.45) is 0.751. The maximum atomic E-state index is 12.8. The summed E-state index contributed by atoms with van der Waals surface area (Å²) in [5.41, 5.74) is 6.40. The molecule has 4 heteroatoms. The van der Waals surface area contributed by atoms with Crippen LogP contribution in [-0.4, -0.2) is 11.0 Å². The van der Waals surface area contributed by atoms with Crippen molar-refractivity contribution < 1.29 is 4.39 Å². The number of aromatic nitrogens is 1. The lowest BCUT2D eigenvalue weighted by molar-refractivity contribution is 0.629. The Morgan fingerprint density at radius 1 is 1.57 bits per heavy atom. The molecule has 1 heterocycles. The smallest absolute Gasteiger partial charge is 0.125 e. The summed E-state index contributed by atoms with van der Waals surface area (Å²) in [6, 6.07) is 4.76. The SMILES string of the molecule is CC(N)Cc1nc2cc(F)ccc2s1. The molecule has 2 aromatic rings. The zero-order valence-electron chi connectivity index (χ0n) is 7.83. The number of rotatable bonds is 2. The van der Waals surface area contributed by atoms with Crippen LogP contribution in [0.5, 0.6) is 0 Å². The number of hydrogen-bond acceptors (Lipinski definition) is 3. The molecule has 2 rings (SSSR count). The molecule has 0 saturated heterocycles. The van der Waals surface area contributed by atoms with E-state index < -0.39 is 0 Å². The zero-order chi connectivity index (χ0) is 10.1. The minimum Gasteiger partial charge on any atom is -0.328 e. The fourth-order valence-electron chi connectivity index (χ4n) is 1.31. The molecule has 0 spiro atoms. The van der Waals surface area contributed by atoms with E-state index >= 15 is 0 Å². The first-order valence-corrected chi connectivity index (χ1v) is 5.27. The van der Waals surface area contributed by atoms with E-state index in [9.17, 15) is 4.39 Å². The first-order chi connectivity index (χ1) is 6.65. The van der Waals surface area contributed by atoms with Gasteiger partial charge in [0.15, 0.2) is 0 Å². The van der Waals surface area contributed by atoms with Crippen molar-refractivity contribution in [3.05, 3.63) is 29.0 Å². The number of nitrogens with two attached hydrogens (primary N) is 1. The maximum absolute atomic E-state index is 12.8. The number of hydrogen-bond donors (Lipinski definition) is 1. The molecule has 2 nitrogen and oxygen atoms in total. The van der Waals surface area contributed by atoms with Crippen LogP contribution in [0.2, 0.25) is 0 Å². The Hall–Kier alpha value is -1.00. The second-order valence-corrected chi connectivity index (χ2v) is 4.52. The van der Waals surface area contributed by atoms with E-state index in [2.05, 4.69) is 4.98 Å². The predicted molar refractivity (Wildman–Crippen MR) is 56.9 cm³/mol. The van der Waals surface area contributed by atoms with Crippen molar-refractivity contribution >= 4 is 21.6 Å². The van der Waals surface area contributed by atoms with Crippen molar-refractivity contribution in [3.63, 3.8) is 0 Å². The van der Waals surface area contributed by atoms with Crippen LogP contribution in [0.15, 0.2) is 18.2 Å². The molecular weight excluding hydrogens is 199 g/mol. The van der Waals surface area contributed by atoms with Crippen LogP contribution in [-0.2, 0) is 6.42 Å². The van der Waals surface area contributed by atoms with Crippen molar-refractivity contribution in [2.45, 2.75) is 19.4 Å². The average molecular weight is 210 g/mol. The van der Waals surface area contributed by atoms with Crippen LogP contribution in [0, 0.1) is 5.82 Å². The summed E-state index contributed by atoms with van der Waals surface area (Å²) in [5, 5.41) is 0.973. The van der Waals surface area contributed by atoms with Gasteiger partial charge in [-0.1, -0.05) is 0 Å². The Labute approximate surface area is 85.6 Å². The van der Waals surface area contributed by atoms with E-state index in [0.717, 1.165) is 21.6 Å². The minimum absolute atomic E-state index is 0.0976. The third-order valence-corrected chi connectivity index (χ3v) is 2.95. The highest BCUT2D eigenvalue weighted by atomic mass is 32.1. The van der Waals surface area contributed by atoms with Crippen LogP contribution in [0.25, 0.3) is 10.2 Å². The fourth-order valence-corrected chi connectivity index (χ4v) is 2.40. The van der Waals surface area contributed by atoms with Gasteiger partial charge in [-0.05, 0) is 19.1 Å². The highest BCUT2D eigenvalue weighted by Gasteiger charge is 2.06. The van der Waals surface area contributed by atoms with E-state index in [-0.39, 0.29) is 11.9 Å². The predicted octanol–water partition coefficient (Wildman–Crippen LogP) is 2.33. The third kappa shape index (κ3) is 1.91. The molecule has 0 radical (unpaired) electrons. The van der Waals surface area contributed by atoms with Gasteiger partial charge in [-0.15, -0.1) is 11.3 Å². The lowest BCUT2D eigenvalue weighted by Gasteiger charge is -1.98. The molecule has 1 aromatic heterocycles. The Morgan fingerprint density at radius 3 is 3.07 bits per heavy atom.